The number of rotatable bonds is 6. The molecular weight excluding hydrogens is 476 g/mol. The molecule has 3 aromatic carbocycles. The highest BCUT2D eigenvalue weighted by molar-refractivity contribution is 6.51. The lowest BCUT2D eigenvalue weighted by atomic mass is 9.94. The monoisotopic (exact) mass is 510 g/mol. The lowest BCUT2D eigenvalue weighted by molar-refractivity contribution is -0.132. The molecule has 0 spiro atoms. The van der Waals surface area contributed by atoms with Gasteiger partial charge in [-0.25, -0.2) is 0 Å². The number of ether oxygens (including phenoxy) is 1. The van der Waals surface area contributed by atoms with Gasteiger partial charge < -0.3 is 14.7 Å². The zero-order chi connectivity index (χ0) is 27.1. The van der Waals surface area contributed by atoms with Crippen LogP contribution in [0, 0.1) is 13.8 Å². The number of aliphatic hydroxyl groups excluding tert-OH is 1. The molecule has 6 heteroatoms. The second-order valence-electron chi connectivity index (χ2n) is 10.2. The van der Waals surface area contributed by atoms with E-state index in [2.05, 4.69) is 18.7 Å². The van der Waals surface area contributed by atoms with Crippen molar-refractivity contribution in [3.63, 3.8) is 0 Å². The maximum absolute atomic E-state index is 13.6. The van der Waals surface area contributed by atoms with Gasteiger partial charge in [-0.15, -0.1) is 0 Å². The van der Waals surface area contributed by atoms with E-state index in [0.29, 0.717) is 11.3 Å². The summed E-state index contributed by atoms with van der Waals surface area (Å²) in [5, 5.41) is 11.6. The zero-order valence-electron chi connectivity index (χ0n) is 22.6. The highest BCUT2D eigenvalue weighted by Crippen LogP contribution is 2.43. The van der Waals surface area contributed by atoms with Gasteiger partial charge >= 0.3 is 0 Å². The van der Waals surface area contributed by atoms with Crippen molar-refractivity contribution in [2.75, 3.05) is 22.9 Å². The standard InChI is InChI=1S/C32H34N2O4/c1-6-33(7-2)25-13-9-22(10-14-25)29-28(30(35)23-11-15-27-24(18-23)17-21(5)38-27)31(36)32(37)34(29)26-12-8-19(3)20(4)16-26/h8-16,18,21,29,35H,6-7,17H2,1-5H3/b30-28-. The Kier molecular flexibility index (Phi) is 6.74. The van der Waals surface area contributed by atoms with Crippen molar-refractivity contribution in [2.45, 2.75) is 53.2 Å². The largest absolute Gasteiger partial charge is 0.507 e. The van der Waals surface area contributed by atoms with E-state index in [0.717, 1.165) is 53.2 Å². The average Bonchev–Trinajstić information content (AvgIpc) is 3.41. The number of anilines is 2. The summed E-state index contributed by atoms with van der Waals surface area (Å²) in [5.74, 6) is -0.725. The molecule has 3 aromatic rings. The quantitative estimate of drug-likeness (QED) is 0.247. The average molecular weight is 511 g/mol. The molecular formula is C32H34N2O4. The maximum atomic E-state index is 13.6. The van der Waals surface area contributed by atoms with Crippen LogP contribution in [0.5, 0.6) is 5.75 Å². The summed E-state index contributed by atoms with van der Waals surface area (Å²) < 4.78 is 5.81. The number of Topliss-reactive ketones (excluding diaryl/α,β-unsaturated/α-hetero) is 1. The van der Waals surface area contributed by atoms with Crippen LogP contribution in [0.25, 0.3) is 5.76 Å². The number of hydrogen-bond acceptors (Lipinski definition) is 5. The zero-order valence-corrected chi connectivity index (χ0v) is 22.6. The molecule has 1 amide bonds. The Morgan fingerprint density at radius 2 is 1.68 bits per heavy atom. The molecule has 1 N–H and O–H groups in total. The minimum Gasteiger partial charge on any atom is -0.507 e. The smallest absolute Gasteiger partial charge is 0.300 e. The van der Waals surface area contributed by atoms with Crippen molar-refractivity contribution in [3.8, 4) is 5.75 Å². The number of carbonyl (C=O) groups excluding carboxylic acids is 2. The van der Waals surface area contributed by atoms with Gasteiger partial charge in [0.05, 0.1) is 11.6 Å². The molecule has 1 saturated heterocycles. The number of amides is 1. The highest BCUT2D eigenvalue weighted by Gasteiger charge is 2.47. The summed E-state index contributed by atoms with van der Waals surface area (Å²) in [6, 6.07) is 18.3. The Bertz CT molecular complexity index is 1440. The molecule has 6 nitrogen and oxygen atoms in total. The molecule has 0 bridgehead atoms. The van der Waals surface area contributed by atoms with E-state index >= 15 is 0 Å². The first-order valence-corrected chi connectivity index (χ1v) is 13.3. The van der Waals surface area contributed by atoms with Crippen LogP contribution in [0.4, 0.5) is 11.4 Å². The van der Waals surface area contributed by atoms with E-state index < -0.39 is 17.7 Å². The summed E-state index contributed by atoms with van der Waals surface area (Å²) in [6.45, 7) is 11.9. The van der Waals surface area contributed by atoms with E-state index in [1.54, 1.807) is 6.07 Å². The number of aliphatic hydroxyl groups is 1. The van der Waals surface area contributed by atoms with Crippen molar-refractivity contribution >= 4 is 28.8 Å². The van der Waals surface area contributed by atoms with Gasteiger partial charge in [0.2, 0.25) is 0 Å². The van der Waals surface area contributed by atoms with Crippen LogP contribution >= 0.6 is 0 Å². The predicted molar refractivity (Wildman–Crippen MR) is 151 cm³/mol. The van der Waals surface area contributed by atoms with E-state index in [4.69, 9.17) is 4.74 Å². The molecule has 0 aliphatic carbocycles. The van der Waals surface area contributed by atoms with E-state index in [-0.39, 0.29) is 17.4 Å². The van der Waals surface area contributed by atoms with Crippen molar-refractivity contribution in [1.29, 1.82) is 0 Å². The minimum absolute atomic E-state index is 0.0575. The maximum Gasteiger partial charge on any atom is 0.300 e. The summed E-state index contributed by atoms with van der Waals surface area (Å²) in [5.41, 5.74) is 6.15. The number of aryl methyl sites for hydroxylation is 2. The van der Waals surface area contributed by atoms with Gasteiger partial charge in [0.25, 0.3) is 11.7 Å². The molecule has 2 unspecified atom stereocenters. The molecule has 0 radical (unpaired) electrons. The highest BCUT2D eigenvalue weighted by atomic mass is 16.5. The Morgan fingerprint density at radius 3 is 2.34 bits per heavy atom. The van der Waals surface area contributed by atoms with Crippen LogP contribution in [-0.4, -0.2) is 36.0 Å². The van der Waals surface area contributed by atoms with Crippen LogP contribution in [0.1, 0.15) is 54.6 Å². The molecule has 0 aromatic heterocycles. The van der Waals surface area contributed by atoms with Gasteiger partial charge in [-0.3, -0.25) is 14.5 Å². The van der Waals surface area contributed by atoms with Crippen molar-refractivity contribution in [2.24, 2.45) is 0 Å². The SMILES string of the molecule is CCN(CC)c1ccc(C2/C(=C(/O)c3ccc4c(c3)CC(C)O4)C(=O)C(=O)N2c2ccc(C)c(C)c2)cc1. The first kappa shape index (κ1) is 25.6. The predicted octanol–water partition coefficient (Wildman–Crippen LogP) is 6.10. The second-order valence-corrected chi connectivity index (χ2v) is 10.2. The third kappa shape index (κ3) is 4.34. The third-order valence-electron chi connectivity index (χ3n) is 7.72. The fourth-order valence-corrected chi connectivity index (χ4v) is 5.47. The summed E-state index contributed by atoms with van der Waals surface area (Å²) >= 11 is 0. The molecule has 196 valence electrons. The first-order valence-electron chi connectivity index (χ1n) is 13.3. The number of ketones is 1. The number of fused-ring (bicyclic) bond motifs is 1. The Labute approximate surface area is 224 Å². The fourth-order valence-electron chi connectivity index (χ4n) is 5.47. The number of benzene rings is 3. The Morgan fingerprint density at radius 1 is 0.974 bits per heavy atom. The minimum atomic E-state index is -0.758. The molecule has 1 fully saturated rings. The van der Waals surface area contributed by atoms with Crippen LogP contribution < -0.4 is 14.5 Å². The van der Waals surface area contributed by atoms with Crippen molar-refractivity contribution < 1.29 is 19.4 Å². The van der Waals surface area contributed by atoms with Crippen LogP contribution in [0.15, 0.2) is 66.2 Å². The van der Waals surface area contributed by atoms with Gasteiger partial charge in [0.15, 0.2) is 0 Å². The van der Waals surface area contributed by atoms with E-state index in [9.17, 15) is 14.7 Å². The summed E-state index contributed by atoms with van der Waals surface area (Å²) in [4.78, 5) is 30.8. The van der Waals surface area contributed by atoms with Gasteiger partial charge in [-0.1, -0.05) is 18.2 Å². The van der Waals surface area contributed by atoms with Gasteiger partial charge in [-0.2, -0.15) is 0 Å². The third-order valence-corrected chi connectivity index (χ3v) is 7.72. The lowest BCUT2D eigenvalue weighted by Crippen LogP contribution is -2.29. The number of hydrogen-bond donors (Lipinski definition) is 1. The molecule has 0 saturated carbocycles. The normalized spacial score (nSPS) is 20.0. The van der Waals surface area contributed by atoms with E-state index in [1.807, 2.05) is 75.4 Å². The fraction of sp³-hybridized carbons (Fsp3) is 0.312. The Hall–Kier alpha value is -4.06. The topological polar surface area (TPSA) is 70.1 Å². The van der Waals surface area contributed by atoms with E-state index in [1.165, 1.54) is 4.90 Å². The van der Waals surface area contributed by atoms with Gasteiger partial charge in [0, 0.05) is 36.4 Å². The Balaban J connectivity index is 1.67. The number of carbonyl (C=O) groups is 2. The first-order chi connectivity index (χ1) is 18.2. The molecule has 2 heterocycles. The molecule has 2 aliphatic heterocycles. The summed E-state index contributed by atoms with van der Waals surface area (Å²) in [7, 11) is 0. The van der Waals surface area contributed by atoms with Crippen LogP contribution in [-0.2, 0) is 16.0 Å². The molecule has 5 rings (SSSR count). The van der Waals surface area contributed by atoms with Gasteiger partial charge in [-0.05, 0) is 99.3 Å². The van der Waals surface area contributed by atoms with Crippen molar-refractivity contribution in [1.82, 2.24) is 0 Å². The van der Waals surface area contributed by atoms with Crippen LogP contribution in [0.2, 0.25) is 0 Å². The summed E-state index contributed by atoms with van der Waals surface area (Å²) in [6.07, 6.45) is 0.783. The van der Waals surface area contributed by atoms with Crippen molar-refractivity contribution in [3.05, 3.63) is 94.1 Å². The second kappa shape index (κ2) is 10.0. The molecule has 38 heavy (non-hydrogen) atoms. The molecule has 2 aliphatic rings. The number of nitrogens with zero attached hydrogens (tertiary/aromatic N) is 2. The van der Waals surface area contributed by atoms with Gasteiger partial charge in [0.1, 0.15) is 17.6 Å². The van der Waals surface area contributed by atoms with Crippen LogP contribution in [0.3, 0.4) is 0 Å². The molecule has 2 atom stereocenters. The lowest BCUT2D eigenvalue weighted by Gasteiger charge is -2.27.